The van der Waals surface area contributed by atoms with Crippen LogP contribution >= 0.6 is 15.9 Å². The van der Waals surface area contributed by atoms with Crippen LogP contribution in [-0.4, -0.2) is 34.5 Å². The van der Waals surface area contributed by atoms with Crippen molar-refractivity contribution in [2.45, 2.75) is 26.3 Å². The number of hydrogen-bond donors (Lipinski definition) is 1. The summed E-state index contributed by atoms with van der Waals surface area (Å²) in [6, 6.07) is 7.10. The molecule has 1 amide bonds. The molecule has 0 unspecified atom stereocenters. The van der Waals surface area contributed by atoms with Crippen molar-refractivity contribution in [3.05, 3.63) is 34.3 Å². The maximum Gasteiger partial charge on any atom is 0.305 e. The Bertz CT molecular complexity index is 446. The van der Waals surface area contributed by atoms with Crippen LogP contribution in [0.1, 0.15) is 30.6 Å². The van der Waals surface area contributed by atoms with Gasteiger partial charge in [0.05, 0.1) is 12.0 Å². The summed E-state index contributed by atoms with van der Waals surface area (Å²) in [5, 5.41) is 8.70. The van der Waals surface area contributed by atoms with Crippen LogP contribution in [0.25, 0.3) is 0 Å². The fraction of sp³-hybridized carbons (Fsp3) is 0.385. The quantitative estimate of drug-likeness (QED) is 0.909. The van der Waals surface area contributed by atoms with Gasteiger partial charge in [-0.2, -0.15) is 0 Å². The van der Waals surface area contributed by atoms with Crippen LogP contribution in [0.5, 0.6) is 0 Å². The fourth-order valence-electron chi connectivity index (χ4n) is 1.60. The van der Waals surface area contributed by atoms with Gasteiger partial charge >= 0.3 is 5.97 Å². The topological polar surface area (TPSA) is 57.6 Å². The second kappa shape index (κ2) is 6.54. The predicted molar refractivity (Wildman–Crippen MR) is 72.6 cm³/mol. The van der Waals surface area contributed by atoms with Crippen LogP contribution < -0.4 is 0 Å². The molecule has 0 aromatic heterocycles. The average molecular weight is 314 g/mol. The first kappa shape index (κ1) is 14.7. The molecule has 0 spiro atoms. The number of carbonyl (C=O) groups is 2. The van der Waals surface area contributed by atoms with Crippen molar-refractivity contribution < 1.29 is 14.7 Å². The molecule has 98 valence electrons. The lowest BCUT2D eigenvalue weighted by atomic mass is 10.1. The van der Waals surface area contributed by atoms with Gasteiger partial charge in [0.15, 0.2) is 0 Å². The highest BCUT2D eigenvalue weighted by Crippen LogP contribution is 2.19. The van der Waals surface area contributed by atoms with E-state index in [0.29, 0.717) is 5.56 Å². The smallest absolute Gasteiger partial charge is 0.305 e. The van der Waals surface area contributed by atoms with Crippen LogP contribution in [-0.2, 0) is 4.79 Å². The Labute approximate surface area is 115 Å². The molecule has 5 heteroatoms. The van der Waals surface area contributed by atoms with Gasteiger partial charge in [-0.25, -0.2) is 0 Å². The highest BCUT2D eigenvalue weighted by Gasteiger charge is 2.20. The van der Waals surface area contributed by atoms with E-state index in [-0.39, 0.29) is 24.9 Å². The van der Waals surface area contributed by atoms with E-state index < -0.39 is 5.97 Å². The molecule has 18 heavy (non-hydrogen) atoms. The Morgan fingerprint density at radius 1 is 1.33 bits per heavy atom. The van der Waals surface area contributed by atoms with Gasteiger partial charge in [-0.1, -0.05) is 12.1 Å². The van der Waals surface area contributed by atoms with Gasteiger partial charge in [-0.05, 0) is 41.9 Å². The molecule has 1 aromatic rings. The molecule has 0 fully saturated rings. The number of carbonyl (C=O) groups excluding carboxylic acids is 1. The average Bonchev–Trinajstić information content (AvgIpc) is 2.28. The van der Waals surface area contributed by atoms with Crippen LogP contribution in [0.4, 0.5) is 0 Å². The SMILES string of the molecule is CC(C)N(CCC(=O)O)C(=O)c1ccccc1Br. The molecular weight excluding hydrogens is 298 g/mol. The summed E-state index contributed by atoms with van der Waals surface area (Å²) in [6.45, 7) is 3.96. The molecule has 1 N–H and O–H groups in total. The van der Waals surface area contributed by atoms with Gasteiger partial charge in [0, 0.05) is 17.1 Å². The van der Waals surface area contributed by atoms with E-state index in [2.05, 4.69) is 15.9 Å². The van der Waals surface area contributed by atoms with Crippen LogP contribution in [0.2, 0.25) is 0 Å². The minimum absolute atomic E-state index is 0.0380. The lowest BCUT2D eigenvalue weighted by molar-refractivity contribution is -0.137. The van der Waals surface area contributed by atoms with E-state index in [1.54, 1.807) is 23.1 Å². The number of aliphatic carboxylic acids is 1. The normalized spacial score (nSPS) is 10.4. The largest absolute Gasteiger partial charge is 0.481 e. The van der Waals surface area contributed by atoms with Crippen molar-refractivity contribution in [1.29, 1.82) is 0 Å². The standard InChI is InChI=1S/C13H16BrNO3/c1-9(2)15(8-7-12(16)17)13(18)10-5-3-4-6-11(10)14/h3-6,9H,7-8H2,1-2H3,(H,16,17). The zero-order valence-corrected chi connectivity index (χ0v) is 12.0. The molecule has 0 aliphatic heterocycles. The molecule has 0 aliphatic rings. The zero-order valence-electron chi connectivity index (χ0n) is 10.4. The van der Waals surface area contributed by atoms with Crippen molar-refractivity contribution in [3.63, 3.8) is 0 Å². The van der Waals surface area contributed by atoms with E-state index in [4.69, 9.17) is 5.11 Å². The Morgan fingerprint density at radius 2 is 1.94 bits per heavy atom. The third kappa shape index (κ3) is 3.84. The minimum atomic E-state index is -0.902. The van der Waals surface area contributed by atoms with E-state index in [1.165, 1.54) is 0 Å². The molecule has 0 atom stereocenters. The Balaban J connectivity index is 2.90. The van der Waals surface area contributed by atoms with Gasteiger partial charge in [-0.15, -0.1) is 0 Å². The molecule has 0 heterocycles. The third-order valence-electron chi connectivity index (χ3n) is 2.56. The summed E-state index contributed by atoms with van der Waals surface area (Å²) < 4.78 is 0.718. The molecular formula is C13H16BrNO3. The number of hydrogen-bond acceptors (Lipinski definition) is 2. The Kier molecular flexibility index (Phi) is 5.34. The van der Waals surface area contributed by atoms with Gasteiger partial charge in [0.1, 0.15) is 0 Å². The number of nitrogens with zero attached hydrogens (tertiary/aromatic N) is 1. The number of rotatable bonds is 5. The summed E-state index contributed by atoms with van der Waals surface area (Å²) in [5.74, 6) is -1.06. The van der Waals surface area contributed by atoms with Crippen molar-refractivity contribution in [2.24, 2.45) is 0 Å². The molecule has 0 saturated carbocycles. The second-order valence-corrected chi connectivity index (χ2v) is 5.07. The number of carboxylic acid groups (broad SMARTS) is 1. The maximum absolute atomic E-state index is 12.3. The van der Waals surface area contributed by atoms with Crippen molar-refractivity contribution in [2.75, 3.05) is 6.54 Å². The number of amides is 1. The van der Waals surface area contributed by atoms with E-state index >= 15 is 0 Å². The minimum Gasteiger partial charge on any atom is -0.481 e. The first-order valence-electron chi connectivity index (χ1n) is 5.70. The fourth-order valence-corrected chi connectivity index (χ4v) is 2.05. The molecule has 4 nitrogen and oxygen atoms in total. The first-order valence-corrected chi connectivity index (χ1v) is 6.50. The third-order valence-corrected chi connectivity index (χ3v) is 3.25. The number of carboxylic acids is 1. The predicted octanol–water partition coefficient (Wildman–Crippen LogP) is 2.77. The summed E-state index contributed by atoms with van der Waals surface area (Å²) in [4.78, 5) is 24.5. The first-order chi connectivity index (χ1) is 8.43. The van der Waals surface area contributed by atoms with Gasteiger partial charge < -0.3 is 10.0 Å². The summed E-state index contributed by atoms with van der Waals surface area (Å²) in [5.41, 5.74) is 0.552. The molecule has 1 rings (SSSR count). The van der Waals surface area contributed by atoms with Gasteiger partial charge in [0.25, 0.3) is 5.91 Å². The van der Waals surface area contributed by atoms with Crippen molar-refractivity contribution >= 4 is 27.8 Å². The van der Waals surface area contributed by atoms with Crippen LogP contribution in [0.15, 0.2) is 28.7 Å². The molecule has 0 aliphatic carbocycles. The highest BCUT2D eigenvalue weighted by molar-refractivity contribution is 9.10. The molecule has 0 radical (unpaired) electrons. The lowest BCUT2D eigenvalue weighted by Gasteiger charge is -2.26. The van der Waals surface area contributed by atoms with E-state index in [9.17, 15) is 9.59 Å². The molecule has 0 bridgehead atoms. The molecule has 0 saturated heterocycles. The van der Waals surface area contributed by atoms with E-state index in [0.717, 1.165) is 4.47 Å². The van der Waals surface area contributed by atoms with Gasteiger partial charge in [-0.3, -0.25) is 9.59 Å². The zero-order chi connectivity index (χ0) is 13.7. The monoisotopic (exact) mass is 313 g/mol. The van der Waals surface area contributed by atoms with Crippen molar-refractivity contribution in [1.82, 2.24) is 4.90 Å². The van der Waals surface area contributed by atoms with Crippen LogP contribution in [0, 0.1) is 0 Å². The van der Waals surface area contributed by atoms with E-state index in [1.807, 2.05) is 19.9 Å². The summed E-state index contributed by atoms with van der Waals surface area (Å²) >= 11 is 3.33. The van der Waals surface area contributed by atoms with Crippen LogP contribution in [0.3, 0.4) is 0 Å². The Morgan fingerprint density at radius 3 is 2.44 bits per heavy atom. The lowest BCUT2D eigenvalue weighted by Crippen LogP contribution is -2.38. The van der Waals surface area contributed by atoms with Gasteiger partial charge in [0.2, 0.25) is 0 Å². The Hall–Kier alpha value is -1.36. The number of halogens is 1. The molecule has 1 aromatic carbocycles. The number of benzene rings is 1. The summed E-state index contributed by atoms with van der Waals surface area (Å²) in [6.07, 6.45) is -0.0472. The second-order valence-electron chi connectivity index (χ2n) is 4.22. The maximum atomic E-state index is 12.3. The summed E-state index contributed by atoms with van der Waals surface area (Å²) in [7, 11) is 0. The van der Waals surface area contributed by atoms with Crippen molar-refractivity contribution in [3.8, 4) is 0 Å². The highest BCUT2D eigenvalue weighted by atomic mass is 79.9.